The van der Waals surface area contributed by atoms with Gasteiger partial charge in [-0.1, -0.05) is 24.3 Å². The molecule has 1 amide bonds. The lowest BCUT2D eigenvalue weighted by molar-refractivity contribution is -0.133. The number of alkyl carbamates (subject to hydrolysis) is 1. The number of imidazole rings is 1. The number of aromatic nitrogens is 4. The largest absolute Gasteiger partial charge is 0.444 e. The van der Waals surface area contributed by atoms with Gasteiger partial charge in [-0.15, -0.1) is 0 Å². The maximum absolute atomic E-state index is 12.8. The van der Waals surface area contributed by atoms with E-state index in [-0.39, 0.29) is 6.04 Å². The van der Waals surface area contributed by atoms with Crippen LogP contribution in [0.2, 0.25) is 0 Å². The summed E-state index contributed by atoms with van der Waals surface area (Å²) in [4.78, 5) is 27.5. The number of anilines is 2. The number of amides is 1. The number of nitrogens with zero attached hydrogens (tertiary/aromatic N) is 4. The lowest BCUT2D eigenvalue weighted by Crippen LogP contribution is -2.63. The molecule has 10 rings (SSSR count). The molecular formula is C42H47N7O3. The van der Waals surface area contributed by atoms with E-state index in [1.54, 1.807) is 6.20 Å². The highest BCUT2D eigenvalue weighted by molar-refractivity contribution is 5.85. The molecule has 0 aliphatic heterocycles. The van der Waals surface area contributed by atoms with E-state index in [1.165, 1.54) is 19.3 Å². The fourth-order valence-electron chi connectivity index (χ4n) is 9.79. The molecule has 0 saturated heterocycles. The molecule has 2 aromatic carbocycles. The summed E-state index contributed by atoms with van der Waals surface area (Å²) in [7, 11) is 0. The van der Waals surface area contributed by atoms with Crippen molar-refractivity contribution in [3.05, 3.63) is 84.6 Å². The van der Waals surface area contributed by atoms with E-state index in [4.69, 9.17) is 20.4 Å². The topological polar surface area (TPSA) is 140 Å². The smallest absolute Gasteiger partial charge is 0.408 e. The number of hydrogen-bond donors (Lipinski definition) is 4. The molecule has 4 unspecified atom stereocenters. The quantitative estimate of drug-likeness (QED) is 0.134. The Morgan fingerprint density at radius 2 is 1.73 bits per heavy atom. The Balaban J connectivity index is 1.07. The predicted octanol–water partition coefficient (Wildman–Crippen LogP) is 7.99. The molecule has 268 valence electrons. The summed E-state index contributed by atoms with van der Waals surface area (Å²) in [6.07, 6.45) is 9.52. The first-order valence-electron chi connectivity index (χ1n) is 18.8. The number of carbonyl (C=O) groups is 1. The lowest BCUT2D eigenvalue weighted by atomic mass is 9.52. The van der Waals surface area contributed by atoms with Crippen molar-refractivity contribution in [1.29, 1.82) is 0 Å². The van der Waals surface area contributed by atoms with Crippen LogP contribution in [0, 0.1) is 17.8 Å². The highest BCUT2D eigenvalue weighted by Gasteiger charge is 2.56. The molecule has 3 aromatic heterocycles. The van der Waals surface area contributed by atoms with Crippen molar-refractivity contribution in [1.82, 2.24) is 24.8 Å². The van der Waals surface area contributed by atoms with Gasteiger partial charge in [0.15, 0.2) is 11.5 Å². The molecular weight excluding hydrogens is 651 g/mol. The van der Waals surface area contributed by atoms with E-state index in [0.717, 1.165) is 65.8 Å². The molecule has 10 nitrogen and oxygen atoms in total. The molecule has 3 heterocycles. The summed E-state index contributed by atoms with van der Waals surface area (Å²) in [5, 5.41) is 18.7. The Kier molecular flexibility index (Phi) is 7.63. The number of pyridine rings is 2. The Hall–Kier alpha value is -4.96. The third kappa shape index (κ3) is 5.77. The van der Waals surface area contributed by atoms with Crippen LogP contribution in [0.1, 0.15) is 77.7 Å². The number of rotatable bonds is 7. The van der Waals surface area contributed by atoms with E-state index in [2.05, 4.69) is 64.1 Å². The minimum Gasteiger partial charge on any atom is -0.444 e. The Bertz CT molecular complexity index is 2150. The molecule has 5 aliphatic rings. The van der Waals surface area contributed by atoms with Crippen LogP contribution in [-0.2, 0) is 10.3 Å². The molecule has 52 heavy (non-hydrogen) atoms. The van der Waals surface area contributed by atoms with Crippen molar-refractivity contribution in [3.8, 4) is 28.3 Å². The highest BCUT2D eigenvalue weighted by atomic mass is 16.6. The van der Waals surface area contributed by atoms with Gasteiger partial charge < -0.3 is 26.2 Å². The van der Waals surface area contributed by atoms with Gasteiger partial charge in [-0.05, 0) is 144 Å². The summed E-state index contributed by atoms with van der Waals surface area (Å²) < 4.78 is 7.65. The second kappa shape index (κ2) is 12.0. The van der Waals surface area contributed by atoms with E-state index in [1.807, 2.05) is 49.6 Å². The van der Waals surface area contributed by atoms with Gasteiger partial charge >= 0.3 is 6.09 Å². The molecule has 5 saturated carbocycles. The number of nitrogen functional groups attached to an aromatic ring is 1. The number of fused-ring (bicyclic) bond motifs is 1. The summed E-state index contributed by atoms with van der Waals surface area (Å²) in [5.41, 5.74) is 11.6. The molecule has 10 heteroatoms. The molecule has 5 atom stereocenters. The maximum atomic E-state index is 12.8. The van der Waals surface area contributed by atoms with Gasteiger partial charge in [0.25, 0.3) is 0 Å². The van der Waals surface area contributed by atoms with Crippen LogP contribution < -0.4 is 16.4 Å². The average molecular weight is 698 g/mol. The van der Waals surface area contributed by atoms with Crippen LogP contribution in [0.4, 0.5) is 16.3 Å². The molecule has 5 aliphatic carbocycles. The van der Waals surface area contributed by atoms with E-state index in [9.17, 15) is 9.90 Å². The van der Waals surface area contributed by atoms with Gasteiger partial charge in [-0.3, -0.25) is 4.57 Å². The van der Waals surface area contributed by atoms with Crippen LogP contribution >= 0.6 is 0 Å². The molecule has 5 N–H and O–H groups in total. The Morgan fingerprint density at radius 1 is 0.962 bits per heavy atom. The highest BCUT2D eigenvalue weighted by Crippen LogP contribution is 2.56. The number of carbonyl (C=O) groups excluding carboxylic acids is 1. The number of aliphatic hydroxyl groups is 1. The number of nitrogens with one attached hydrogen (secondary N) is 2. The third-order valence-electron chi connectivity index (χ3n) is 12.0. The molecule has 4 bridgehead atoms. The van der Waals surface area contributed by atoms with E-state index in [0.29, 0.717) is 40.6 Å². The van der Waals surface area contributed by atoms with Gasteiger partial charge in [0, 0.05) is 23.1 Å². The number of hydrogen-bond acceptors (Lipinski definition) is 8. The lowest BCUT2D eigenvalue weighted by Gasteiger charge is -2.59. The predicted molar refractivity (Wildman–Crippen MR) is 203 cm³/mol. The van der Waals surface area contributed by atoms with Crippen LogP contribution in [0.25, 0.3) is 39.5 Å². The molecule has 5 aromatic rings. The van der Waals surface area contributed by atoms with Crippen molar-refractivity contribution in [2.24, 2.45) is 17.8 Å². The molecule has 0 spiro atoms. The van der Waals surface area contributed by atoms with E-state index >= 15 is 0 Å². The zero-order valence-electron chi connectivity index (χ0n) is 30.1. The third-order valence-corrected chi connectivity index (χ3v) is 12.0. The zero-order valence-corrected chi connectivity index (χ0v) is 30.1. The second-order valence-electron chi connectivity index (χ2n) is 16.8. The minimum atomic E-state index is -0.626. The van der Waals surface area contributed by atoms with E-state index < -0.39 is 22.8 Å². The average Bonchev–Trinajstić information content (AvgIpc) is 3.46. The van der Waals surface area contributed by atoms with Gasteiger partial charge in [0.2, 0.25) is 0 Å². The second-order valence-corrected chi connectivity index (χ2v) is 16.8. The van der Waals surface area contributed by atoms with Gasteiger partial charge in [0.05, 0.1) is 28.4 Å². The first-order chi connectivity index (χ1) is 25.0. The van der Waals surface area contributed by atoms with Gasteiger partial charge in [-0.2, -0.15) is 0 Å². The first-order valence-corrected chi connectivity index (χ1v) is 18.8. The van der Waals surface area contributed by atoms with Crippen molar-refractivity contribution in [2.75, 3.05) is 11.1 Å². The summed E-state index contributed by atoms with van der Waals surface area (Å²) >= 11 is 0. The van der Waals surface area contributed by atoms with Crippen LogP contribution in [0.5, 0.6) is 0 Å². The monoisotopic (exact) mass is 697 g/mol. The molecule has 0 radical (unpaired) electrons. The molecule has 5 fully saturated rings. The number of ether oxygens (including phenoxy) is 1. The van der Waals surface area contributed by atoms with Gasteiger partial charge in [-0.25, -0.2) is 19.7 Å². The van der Waals surface area contributed by atoms with Crippen molar-refractivity contribution < 1.29 is 14.6 Å². The van der Waals surface area contributed by atoms with Crippen LogP contribution in [-0.4, -0.2) is 48.0 Å². The van der Waals surface area contributed by atoms with Crippen molar-refractivity contribution in [2.45, 2.75) is 94.9 Å². The van der Waals surface area contributed by atoms with Crippen LogP contribution in [0.15, 0.2) is 79.0 Å². The van der Waals surface area contributed by atoms with Crippen LogP contribution in [0.3, 0.4) is 0 Å². The number of benzene rings is 2. The summed E-state index contributed by atoms with van der Waals surface area (Å²) in [5.74, 6) is 2.89. The zero-order chi connectivity index (χ0) is 35.8. The van der Waals surface area contributed by atoms with Crippen molar-refractivity contribution >= 4 is 28.8 Å². The Morgan fingerprint density at radius 3 is 2.40 bits per heavy atom. The first kappa shape index (κ1) is 32.9. The normalized spacial score (nSPS) is 25.8. The minimum absolute atomic E-state index is 0.0706. The SMILES string of the molecule is CC(C)(C)OC(=O)NC1(c2ccc(-n3c(-c4cccnc4N)nc4ccc(-c5cccc(NC6C7CC8C[C@@H](C7)CC6(O)C8)c5)nc43)cc2)CCC1. The summed E-state index contributed by atoms with van der Waals surface area (Å²) in [6.45, 7) is 5.62. The fourth-order valence-corrected chi connectivity index (χ4v) is 9.79. The fraction of sp³-hybridized carbons (Fsp3) is 0.429. The maximum Gasteiger partial charge on any atom is 0.408 e. The standard InChI is InChI=1S/C42H47N7O3/c1-40(2,3)52-39(50)48-41(16-6-17-41)29-10-12-31(13-11-29)49-37(32-9-5-18-44-36(32)43)47-34-15-14-33(46-38(34)49)27-7-4-8-30(22-27)45-35-28-20-25-19-26(21-28)24-42(35,51)23-25/h4-5,7-15,18,22,25-26,28,35,45,51H,6,16-17,19-21,23-24H2,1-3H3,(H2,43,44)(H,48,50)/t25-,26?,28?,35?,42?/m0/s1. The van der Waals surface area contributed by atoms with Gasteiger partial charge in [0.1, 0.15) is 16.9 Å². The van der Waals surface area contributed by atoms with Crippen molar-refractivity contribution in [3.63, 3.8) is 0 Å². The summed E-state index contributed by atoms with van der Waals surface area (Å²) in [6, 6.07) is 24.5. The Labute approximate surface area is 304 Å². The number of nitrogens with two attached hydrogens (primary N) is 1.